The topological polar surface area (TPSA) is 54.8 Å². The number of hydrogen-bond donors (Lipinski definition) is 0. The summed E-state index contributed by atoms with van der Waals surface area (Å²) in [4.78, 5) is 24.3. The minimum Gasteiger partial charge on any atom is -0.504 e. The second-order valence-electron chi connectivity index (χ2n) is 5.16. The molecule has 0 saturated carbocycles. The van der Waals surface area contributed by atoms with Gasteiger partial charge in [0.2, 0.25) is 0 Å². The third-order valence-electron chi connectivity index (χ3n) is 3.67. The summed E-state index contributed by atoms with van der Waals surface area (Å²) in [5, 5.41) is 0.678. The van der Waals surface area contributed by atoms with Crippen molar-refractivity contribution in [2.45, 2.75) is 6.04 Å². The lowest BCUT2D eigenvalue weighted by Gasteiger charge is -2.24. The van der Waals surface area contributed by atoms with Crippen LogP contribution in [0.3, 0.4) is 0 Å². The van der Waals surface area contributed by atoms with Gasteiger partial charge in [0, 0.05) is 23.9 Å². The number of rotatable bonds is 4. The van der Waals surface area contributed by atoms with E-state index < -0.39 is 0 Å². The Bertz CT molecular complexity index is 820. The number of thiazole rings is 1. The van der Waals surface area contributed by atoms with Crippen molar-refractivity contribution in [1.29, 1.82) is 0 Å². The lowest BCUT2D eigenvalue weighted by atomic mass is 10.1. The van der Waals surface area contributed by atoms with Crippen molar-refractivity contribution in [3.8, 4) is 0 Å². The second kappa shape index (κ2) is 8.03. The summed E-state index contributed by atoms with van der Waals surface area (Å²) in [5.41, 5.74) is 1.27. The first kappa shape index (κ1) is 18.0. The molecule has 3 rings (SSSR count). The van der Waals surface area contributed by atoms with Gasteiger partial charge >= 0.3 is 0 Å². The molecule has 1 fully saturated rings. The first-order valence-electron chi connectivity index (χ1n) is 7.48. The minimum absolute atomic E-state index is 0.148. The standard InChI is InChI=1S/C17H16ClN3O2S2/c1-19-17-21(13(10-24-17)14-8-20-16(18)25-14)15(22)12(9-23-2)11-6-4-3-5-7-11/h3-9,13H,10H2,1-2H3/b12-9+,19-17-. The number of benzene rings is 1. The lowest BCUT2D eigenvalue weighted by Crippen LogP contribution is -2.34. The van der Waals surface area contributed by atoms with Crippen LogP contribution in [0.2, 0.25) is 4.47 Å². The Morgan fingerprint density at radius 3 is 2.80 bits per heavy atom. The smallest absolute Gasteiger partial charge is 0.264 e. The SMILES string of the molecule is C/N=C1\SCC(c2cnc(Cl)s2)N1C(=O)/C(=C/OC)c1ccccc1. The largest absolute Gasteiger partial charge is 0.504 e. The molecule has 1 aromatic heterocycles. The minimum atomic E-state index is -0.159. The molecule has 1 saturated heterocycles. The zero-order valence-corrected chi connectivity index (χ0v) is 16.1. The Kier molecular flexibility index (Phi) is 5.78. The van der Waals surface area contributed by atoms with E-state index in [9.17, 15) is 4.79 Å². The molecule has 2 heterocycles. The van der Waals surface area contributed by atoms with Gasteiger partial charge in [-0.1, -0.05) is 53.7 Å². The van der Waals surface area contributed by atoms with Gasteiger partial charge in [-0.15, -0.1) is 11.3 Å². The predicted octanol–water partition coefficient (Wildman–Crippen LogP) is 4.09. The zero-order chi connectivity index (χ0) is 17.8. The van der Waals surface area contributed by atoms with E-state index in [1.807, 2.05) is 30.3 Å². The van der Waals surface area contributed by atoms with Crippen molar-refractivity contribution in [3.05, 3.63) is 57.7 Å². The van der Waals surface area contributed by atoms with Crippen LogP contribution >= 0.6 is 34.7 Å². The molecule has 1 amide bonds. The molecule has 0 N–H and O–H groups in total. The fourth-order valence-corrected chi connectivity index (χ4v) is 4.83. The number of halogens is 1. The highest BCUT2D eigenvalue weighted by Gasteiger charge is 2.38. The van der Waals surface area contributed by atoms with E-state index in [1.165, 1.54) is 24.7 Å². The van der Waals surface area contributed by atoms with E-state index in [0.29, 0.717) is 21.0 Å². The molecule has 1 aliphatic rings. The number of nitrogens with zero attached hydrogens (tertiary/aromatic N) is 3. The van der Waals surface area contributed by atoms with Gasteiger partial charge in [-0.2, -0.15) is 0 Å². The summed E-state index contributed by atoms with van der Waals surface area (Å²) in [6, 6.07) is 9.30. The third kappa shape index (κ3) is 3.73. The summed E-state index contributed by atoms with van der Waals surface area (Å²) in [5.74, 6) is 0.555. The molecule has 130 valence electrons. The molecule has 1 aromatic carbocycles. The maximum absolute atomic E-state index is 13.3. The number of methoxy groups -OCH3 is 1. The molecule has 8 heteroatoms. The van der Waals surface area contributed by atoms with Crippen molar-refractivity contribution in [1.82, 2.24) is 9.88 Å². The highest BCUT2D eigenvalue weighted by Crippen LogP contribution is 2.40. The van der Waals surface area contributed by atoms with E-state index in [1.54, 1.807) is 29.9 Å². The number of carbonyl (C=O) groups excluding carboxylic acids is 1. The van der Waals surface area contributed by atoms with Gasteiger partial charge in [-0.25, -0.2) is 4.98 Å². The van der Waals surface area contributed by atoms with Crippen LogP contribution in [-0.2, 0) is 9.53 Å². The Morgan fingerprint density at radius 2 is 2.20 bits per heavy atom. The van der Waals surface area contributed by atoms with Crippen LogP contribution in [-0.4, -0.2) is 40.9 Å². The van der Waals surface area contributed by atoms with Gasteiger partial charge in [-0.05, 0) is 5.56 Å². The summed E-state index contributed by atoms with van der Waals surface area (Å²) in [6.07, 6.45) is 3.20. The van der Waals surface area contributed by atoms with Crippen molar-refractivity contribution in [3.63, 3.8) is 0 Å². The van der Waals surface area contributed by atoms with Crippen LogP contribution in [0.4, 0.5) is 0 Å². The second-order valence-corrected chi connectivity index (χ2v) is 7.79. The average molecular weight is 394 g/mol. The maximum Gasteiger partial charge on any atom is 0.264 e. The number of hydrogen-bond acceptors (Lipinski definition) is 6. The molecule has 0 radical (unpaired) electrons. The number of carbonyl (C=O) groups is 1. The van der Waals surface area contributed by atoms with Gasteiger partial charge in [0.1, 0.15) is 0 Å². The van der Waals surface area contributed by atoms with Crippen LogP contribution in [0.25, 0.3) is 5.57 Å². The molecule has 1 aliphatic heterocycles. The summed E-state index contributed by atoms with van der Waals surface area (Å²) < 4.78 is 5.63. The maximum atomic E-state index is 13.3. The van der Waals surface area contributed by atoms with E-state index in [2.05, 4.69) is 9.98 Å². The molecule has 1 unspecified atom stereocenters. The van der Waals surface area contributed by atoms with Crippen molar-refractivity contribution >= 4 is 51.3 Å². The van der Waals surface area contributed by atoms with Crippen LogP contribution in [0.15, 0.2) is 47.8 Å². The van der Waals surface area contributed by atoms with E-state index in [-0.39, 0.29) is 11.9 Å². The molecular formula is C17H16ClN3O2S2. The Labute approximate surface area is 159 Å². The summed E-state index contributed by atoms with van der Waals surface area (Å²) in [7, 11) is 3.22. The van der Waals surface area contributed by atoms with E-state index >= 15 is 0 Å². The molecule has 0 spiro atoms. The first-order valence-corrected chi connectivity index (χ1v) is 9.66. The van der Waals surface area contributed by atoms with Gasteiger partial charge in [-0.3, -0.25) is 14.7 Å². The molecular weight excluding hydrogens is 378 g/mol. The quantitative estimate of drug-likeness (QED) is 0.580. The summed E-state index contributed by atoms with van der Waals surface area (Å²) in [6.45, 7) is 0. The van der Waals surface area contributed by atoms with Crippen molar-refractivity contribution in [2.24, 2.45) is 4.99 Å². The fourth-order valence-electron chi connectivity index (χ4n) is 2.57. The highest BCUT2D eigenvalue weighted by atomic mass is 35.5. The van der Waals surface area contributed by atoms with Gasteiger partial charge < -0.3 is 4.74 Å². The number of amidine groups is 1. The van der Waals surface area contributed by atoms with E-state index in [4.69, 9.17) is 16.3 Å². The number of ether oxygens (including phenoxy) is 1. The fraction of sp³-hybridized carbons (Fsp3) is 0.235. The third-order valence-corrected chi connectivity index (χ3v) is 6.01. The highest BCUT2D eigenvalue weighted by molar-refractivity contribution is 8.14. The Morgan fingerprint density at radius 1 is 1.44 bits per heavy atom. The summed E-state index contributed by atoms with van der Waals surface area (Å²) >= 11 is 8.91. The first-order chi connectivity index (χ1) is 12.2. The van der Waals surface area contributed by atoms with Crippen LogP contribution in [0, 0.1) is 0 Å². The molecule has 2 aromatic rings. The molecule has 5 nitrogen and oxygen atoms in total. The van der Waals surface area contributed by atoms with Crippen LogP contribution in [0.1, 0.15) is 16.5 Å². The van der Waals surface area contributed by atoms with Crippen LogP contribution < -0.4 is 0 Å². The lowest BCUT2D eigenvalue weighted by molar-refractivity contribution is -0.122. The van der Waals surface area contributed by atoms with Gasteiger partial charge in [0.25, 0.3) is 5.91 Å². The molecule has 0 aliphatic carbocycles. The van der Waals surface area contributed by atoms with E-state index in [0.717, 1.165) is 10.4 Å². The predicted molar refractivity (Wildman–Crippen MR) is 104 cm³/mol. The monoisotopic (exact) mass is 393 g/mol. The normalized spacial score (nSPS) is 19.5. The van der Waals surface area contributed by atoms with Crippen molar-refractivity contribution in [2.75, 3.05) is 19.9 Å². The number of thioether (sulfide) groups is 1. The Hall–Kier alpha value is -1.83. The van der Waals surface area contributed by atoms with Gasteiger partial charge in [0.15, 0.2) is 9.63 Å². The number of aromatic nitrogens is 1. The zero-order valence-electron chi connectivity index (χ0n) is 13.7. The Balaban J connectivity index is 2.00. The van der Waals surface area contributed by atoms with Gasteiger partial charge in [0.05, 0.1) is 25.0 Å². The van der Waals surface area contributed by atoms with Crippen molar-refractivity contribution < 1.29 is 9.53 Å². The average Bonchev–Trinajstić information content (AvgIpc) is 3.25. The number of aliphatic imine (C=N–C) groups is 1. The molecule has 25 heavy (non-hydrogen) atoms. The van der Waals surface area contributed by atoms with Crippen LogP contribution in [0.5, 0.6) is 0 Å². The number of amides is 1. The molecule has 1 atom stereocenters. The molecule has 0 bridgehead atoms.